The van der Waals surface area contributed by atoms with Crippen LogP contribution in [0.1, 0.15) is 19.0 Å². The zero-order valence-corrected chi connectivity index (χ0v) is 16.7. The standard InChI is InChI=1S/C17H23N7O3S/c1-4-23(3)15-19-6-5-11(21-15)13-9(2)20-16(28-13)22-17(27)24-8-10(25)7-12(24)14(18)26/h5-6,10,12,25H,4,7-8H2,1-3H3,(H2,18,26)(H,20,22,27)/t10-,12-/m0/s1. The second kappa shape index (κ2) is 8.07. The fourth-order valence-corrected chi connectivity index (χ4v) is 3.88. The summed E-state index contributed by atoms with van der Waals surface area (Å²) in [5.74, 6) is -0.0370. The van der Waals surface area contributed by atoms with Crippen LogP contribution in [0, 0.1) is 6.92 Å². The molecule has 0 radical (unpaired) electrons. The molecule has 0 aromatic carbocycles. The average Bonchev–Trinajstić information content (AvgIpc) is 3.23. The zero-order valence-electron chi connectivity index (χ0n) is 15.9. The van der Waals surface area contributed by atoms with Crippen molar-refractivity contribution < 1.29 is 14.7 Å². The molecule has 3 rings (SSSR count). The van der Waals surface area contributed by atoms with Crippen molar-refractivity contribution in [3.8, 4) is 10.6 Å². The number of aliphatic hydroxyl groups excluding tert-OH is 1. The quantitative estimate of drug-likeness (QED) is 0.669. The van der Waals surface area contributed by atoms with E-state index in [1.54, 1.807) is 12.3 Å². The molecule has 0 saturated carbocycles. The summed E-state index contributed by atoms with van der Waals surface area (Å²) >= 11 is 1.28. The van der Waals surface area contributed by atoms with E-state index in [0.717, 1.165) is 17.1 Å². The van der Waals surface area contributed by atoms with Crippen LogP contribution in [0.2, 0.25) is 0 Å². The number of hydrogen-bond donors (Lipinski definition) is 3. The van der Waals surface area contributed by atoms with Crippen LogP contribution in [-0.4, -0.2) is 69.2 Å². The monoisotopic (exact) mass is 405 g/mol. The Morgan fingerprint density at radius 2 is 2.21 bits per heavy atom. The van der Waals surface area contributed by atoms with Crippen molar-refractivity contribution in [3.05, 3.63) is 18.0 Å². The number of aliphatic hydroxyl groups is 1. The zero-order chi connectivity index (χ0) is 20.4. The van der Waals surface area contributed by atoms with Crippen molar-refractivity contribution in [1.29, 1.82) is 0 Å². The number of carbonyl (C=O) groups excluding carboxylic acids is 2. The van der Waals surface area contributed by atoms with E-state index >= 15 is 0 Å². The molecular formula is C17H23N7O3S. The van der Waals surface area contributed by atoms with Gasteiger partial charge in [0.2, 0.25) is 11.9 Å². The number of β-amino-alcohol motifs (C(OH)–C–C–N with tert-alkyl or cyclic N) is 1. The summed E-state index contributed by atoms with van der Waals surface area (Å²) in [6, 6.07) is 0.443. The van der Waals surface area contributed by atoms with Crippen LogP contribution in [-0.2, 0) is 4.79 Å². The summed E-state index contributed by atoms with van der Waals surface area (Å²) < 4.78 is 0. The smallest absolute Gasteiger partial charge is 0.324 e. The van der Waals surface area contributed by atoms with Gasteiger partial charge in [-0.25, -0.2) is 19.7 Å². The third-order valence-corrected chi connectivity index (χ3v) is 5.67. The molecule has 4 N–H and O–H groups in total. The van der Waals surface area contributed by atoms with Crippen molar-refractivity contribution in [2.75, 3.05) is 30.4 Å². The molecule has 28 heavy (non-hydrogen) atoms. The molecule has 0 unspecified atom stereocenters. The Labute approximate surface area is 166 Å². The van der Waals surface area contributed by atoms with E-state index in [1.807, 2.05) is 25.8 Å². The van der Waals surface area contributed by atoms with Gasteiger partial charge in [0.25, 0.3) is 0 Å². The van der Waals surface area contributed by atoms with Crippen molar-refractivity contribution in [1.82, 2.24) is 19.9 Å². The number of amides is 3. The molecule has 10 nitrogen and oxygen atoms in total. The minimum atomic E-state index is -0.829. The number of nitrogens with one attached hydrogen (secondary N) is 1. The Kier molecular flexibility index (Phi) is 5.75. The normalized spacial score (nSPS) is 18.9. The minimum absolute atomic E-state index is 0.0509. The molecule has 2 aromatic rings. The van der Waals surface area contributed by atoms with Crippen LogP contribution < -0.4 is 16.0 Å². The number of urea groups is 1. The van der Waals surface area contributed by atoms with Crippen LogP contribution in [0.15, 0.2) is 12.3 Å². The Bertz CT molecular complexity index is 887. The van der Waals surface area contributed by atoms with Gasteiger partial charge in [-0.05, 0) is 19.9 Å². The van der Waals surface area contributed by atoms with Crippen molar-refractivity contribution >= 4 is 34.4 Å². The van der Waals surface area contributed by atoms with Gasteiger partial charge in [0, 0.05) is 32.8 Å². The molecule has 150 valence electrons. The fraction of sp³-hybridized carbons (Fsp3) is 0.471. The molecule has 0 spiro atoms. The van der Waals surface area contributed by atoms with E-state index < -0.39 is 24.1 Å². The van der Waals surface area contributed by atoms with Crippen LogP contribution in [0.5, 0.6) is 0 Å². The second-order valence-corrected chi connectivity index (χ2v) is 7.58. The SMILES string of the molecule is CCN(C)c1nccc(-c2sc(NC(=O)N3C[C@@H](O)C[C@H]3C(N)=O)nc2C)n1. The number of aryl methyl sites for hydroxylation is 1. The maximum Gasteiger partial charge on any atom is 0.324 e. The van der Waals surface area contributed by atoms with Gasteiger partial charge < -0.3 is 20.6 Å². The van der Waals surface area contributed by atoms with Crippen molar-refractivity contribution in [2.45, 2.75) is 32.4 Å². The van der Waals surface area contributed by atoms with E-state index in [0.29, 0.717) is 16.8 Å². The van der Waals surface area contributed by atoms with Gasteiger partial charge in [-0.15, -0.1) is 0 Å². The third-order valence-electron chi connectivity index (χ3n) is 4.57. The first-order valence-corrected chi connectivity index (χ1v) is 9.68. The number of hydrogen-bond acceptors (Lipinski definition) is 8. The molecule has 2 aromatic heterocycles. The lowest BCUT2D eigenvalue weighted by Crippen LogP contribution is -2.45. The van der Waals surface area contributed by atoms with Crippen LogP contribution >= 0.6 is 11.3 Å². The van der Waals surface area contributed by atoms with Gasteiger partial charge in [-0.1, -0.05) is 11.3 Å². The Morgan fingerprint density at radius 1 is 1.46 bits per heavy atom. The first-order chi connectivity index (χ1) is 13.3. The summed E-state index contributed by atoms with van der Waals surface area (Å²) in [5.41, 5.74) is 6.77. The summed E-state index contributed by atoms with van der Waals surface area (Å²) in [7, 11) is 1.91. The van der Waals surface area contributed by atoms with Gasteiger partial charge >= 0.3 is 6.03 Å². The Morgan fingerprint density at radius 3 is 2.89 bits per heavy atom. The molecule has 0 bridgehead atoms. The maximum absolute atomic E-state index is 12.5. The van der Waals surface area contributed by atoms with E-state index in [-0.39, 0.29) is 13.0 Å². The summed E-state index contributed by atoms with van der Waals surface area (Å²) in [4.78, 5) is 41.3. The van der Waals surface area contributed by atoms with Gasteiger partial charge in [-0.2, -0.15) is 0 Å². The molecule has 3 amide bonds. The number of nitrogens with two attached hydrogens (primary N) is 1. The molecule has 1 fully saturated rings. The largest absolute Gasteiger partial charge is 0.391 e. The number of primary amides is 1. The number of rotatable bonds is 5. The molecule has 2 atom stereocenters. The molecule has 3 heterocycles. The number of anilines is 2. The number of likely N-dealkylation sites (tertiary alicyclic amines) is 1. The summed E-state index contributed by atoms with van der Waals surface area (Å²) in [6.45, 7) is 4.67. The number of aromatic nitrogens is 3. The predicted molar refractivity (Wildman–Crippen MR) is 106 cm³/mol. The molecule has 1 saturated heterocycles. The van der Waals surface area contributed by atoms with Crippen molar-refractivity contribution in [3.63, 3.8) is 0 Å². The fourth-order valence-electron chi connectivity index (χ4n) is 2.96. The van der Waals surface area contributed by atoms with Gasteiger partial charge in [-0.3, -0.25) is 10.1 Å². The lowest BCUT2D eigenvalue weighted by Gasteiger charge is -2.21. The highest BCUT2D eigenvalue weighted by Gasteiger charge is 2.38. The number of nitrogens with zero attached hydrogens (tertiary/aromatic N) is 5. The molecule has 11 heteroatoms. The van der Waals surface area contributed by atoms with Gasteiger partial charge in [0.05, 0.1) is 22.4 Å². The highest BCUT2D eigenvalue weighted by molar-refractivity contribution is 7.19. The maximum atomic E-state index is 12.5. The minimum Gasteiger partial charge on any atom is -0.391 e. The lowest BCUT2D eigenvalue weighted by molar-refractivity contribution is -0.121. The number of carbonyl (C=O) groups is 2. The van der Waals surface area contributed by atoms with Crippen LogP contribution in [0.4, 0.5) is 15.9 Å². The number of thiazole rings is 1. The van der Waals surface area contributed by atoms with Crippen LogP contribution in [0.25, 0.3) is 10.6 Å². The summed E-state index contributed by atoms with van der Waals surface area (Å²) in [6.07, 6.45) is 1.05. The molecule has 1 aliphatic heterocycles. The summed E-state index contributed by atoms with van der Waals surface area (Å²) in [5, 5.41) is 12.8. The van der Waals surface area contributed by atoms with Crippen molar-refractivity contribution in [2.24, 2.45) is 5.73 Å². The first-order valence-electron chi connectivity index (χ1n) is 8.87. The highest BCUT2D eigenvalue weighted by atomic mass is 32.1. The molecular weight excluding hydrogens is 382 g/mol. The van der Waals surface area contributed by atoms with E-state index in [9.17, 15) is 14.7 Å². The van der Waals surface area contributed by atoms with E-state index in [1.165, 1.54) is 16.2 Å². The Hall–Kier alpha value is -2.79. The highest BCUT2D eigenvalue weighted by Crippen LogP contribution is 2.32. The van der Waals surface area contributed by atoms with Gasteiger partial charge in [0.15, 0.2) is 5.13 Å². The van der Waals surface area contributed by atoms with Crippen LogP contribution in [0.3, 0.4) is 0 Å². The van der Waals surface area contributed by atoms with Gasteiger partial charge in [0.1, 0.15) is 6.04 Å². The molecule has 0 aliphatic carbocycles. The second-order valence-electron chi connectivity index (χ2n) is 6.58. The third kappa shape index (κ3) is 4.04. The lowest BCUT2D eigenvalue weighted by atomic mass is 10.2. The van der Waals surface area contributed by atoms with E-state index in [4.69, 9.17) is 5.73 Å². The predicted octanol–water partition coefficient (Wildman–Crippen LogP) is 0.817. The molecule has 1 aliphatic rings. The first kappa shape index (κ1) is 20.0. The van der Waals surface area contributed by atoms with E-state index in [2.05, 4.69) is 20.3 Å². The topological polar surface area (TPSA) is 138 Å². The Balaban J connectivity index is 1.79. The average molecular weight is 405 g/mol.